The van der Waals surface area contributed by atoms with Crippen LogP contribution in [0.25, 0.3) is 5.57 Å². The first-order valence-electron chi connectivity index (χ1n) is 5.34. The highest BCUT2D eigenvalue weighted by molar-refractivity contribution is 5.70. The molecule has 0 aliphatic heterocycles. The molecular weight excluding hydrogens is 188 g/mol. The summed E-state index contributed by atoms with van der Waals surface area (Å²) in [5.41, 5.74) is 2.11. The molecule has 1 unspecified atom stereocenters. The Hall–Kier alpha value is -1.28. The molecule has 1 aliphatic carbocycles. The average Bonchev–Trinajstić information content (AvgIpc) is 2.30. The molecule has 1 aromatic carbocycles. The number of benzene rings is 1. The Morgan fingerprint density at radius 2 is 2.27 bits per heavy atom. The standard InChI is InChI=1S/C13H16O2/c1-15-11-6-4-5-10(9-11)12-7-2-3-8-13(12)14/h4-7,9,13-14H,2-3,8H2,1H3. The third-order valence-corrected chi connectivity index (χ3v) is 2.81. The van der Waals surface area contributed by atoms with Gasteiger partial charge in [-0.05, 0) is 42.5 Å². The molecule has 1 atom stereocenters. The molecule has 0 spiro atoms. The van der Waals surface area contributed by atoms with E-state index in [0.29, 0.717) is 0 Å². The Kier molecular flexibility index (Phi) is 3.07. The normalized spacial score (nSPS) is 20.9. The Bertz CT molecular complexity index is 369. The van der Waals surface area contributed by atoms with E-state index >= 15 is 0 Å². The van der Waals surface area contributed by atoms with Gasteiger partial charge in [-0.15, -0.1) is 0 Å². The Balaban J connectivity index is 2.31. The van der Waals surface area contributed by atoms with E-state index in [1.165, 1.54) is 0 Å². The van der Waals surface area contributed by atoms with Crippen LogP contribution in [0.1, 0.15) is 24.8 Å². The lowest BCUT2D eigenvalue weighted by molar-refractivity contribution is 0.214. The minimum atomic E-state index is -0.314. The van der Waals surface area contributed by atoms with Gasteiger partial charge in [0.15, 0.2) is 0 Å². The third kappa shape index (κ3) is 2.21. The van der Waals surface area contributed by atoms with Crippen molar-refractivity contribution in [3.05, 3.63) is 35.9 Å². The molecule has 0 saturated carbocycles. The van der Waals surface area contributed by atoms with Crippen LogP contribution in [0.3, 0.4) is 0 Å². The van der Waals surface area contributed by atoms with E-state index in [0.717, 1.165) is 36.1 Å². The predicted molar refractivity (Wildman–Crippen MR) is 60.8 cm³/mol. The maximum atomic E-state index is 9.88. The summed E-state index contributed by atoms with van der Waals surface area (Å²) in [6.45, 7) is 0. The first-order valence-corrected chi connectivity index (χ1v) is 5.34. The van der Waals surface area contributed by atoms with Crippen LogP contribution in [-0.4, -0.2) is 18.3 Å². The van der Waals surface area contributed by atoms with Gasteiger partial charge < -0.3 is 9.84 Å². The zero-order chi connectivity index (χ0) is 10.7. The average molecular weight is 204 g/mol. The fraction of sp³-hybridized carbons (Fsp3) is 0.385. The second-order valence-electron chi connectivity index (χ2n) is 3.84. The van der Waals surface area contributed by atoms with E-state index in [1.807, 2.05) is 24.3 Å². The Morgan fingerprint density at radius 1 is 1.40 bits per heavy atom. The number of hydrogen-bond donors (Lipinski definition) is 1. The van der Waals surface area contributed by atoms with Crippen LogP contribution in [0.2, 0.25) is 0 Å². The summed E-state index contributed by atoms with van der Waals surface area (Å²) in [4.78, 5) is 0. The van der Waals surface area contributed by atoms with Gasteiger partial charge in [-0.25, -0.2) is 0 Å². The molecule has 2 nitrogen and oxygen atoms in total. The number of rotatable bonds is 2. The summed E-state index contributed by atoms with van der Waals surface area (Å²) in [5, 5.41) is 9.88. The number of allylic oxidation sites excluding steroid dienone is 1. The summed E-state index contributed by atoms with van der Waals surface area (Å²) < 4.78 is 5.17. The first kappa shape index (κ1) is 10.2. The number of aliphatic hydroxyl groups excluding tert-OH is 1. The van der Waals surface area contributed by atoms with Crippen molar-refractivity contribution < 1.29 is 9.84 Å². The van der Waals surface area contributed by atoms with Gasteiger partial charge in [0.05, 0.1) is 13.2 Å². The van der Waals surface area contributed by atoms with Crippen molar-refractivity contribution in [2.45, 2.75) is 25.4 Å². The van der Waals surface area contributed by atoms with E-state index in [2.05, 4.69) is 6.08 Å². The van der Waals surface area contributed by atoms with Crippen molar-refractivity contribution in [1.82, 2.24) is 0 Å². The van der Waals surface area contributed by atoms with Gasteiger partial charge in [-0.3, -0.25) is 0 Å². The van der Waals surface area contributed by atoms with Gasteiger partial charge in [0.25, 0.3) is 0 Å². The summed E-state index contributed by atoms with van der Waals surface area (Å²) >= 11 is 0. The van der Waals surface area contributed by atoms with Gasteiger partial charge >= 0.3 is 0 Å². The molecule has 80 valence electrons. The molecule has 0 amide bonds. The fourth-order valence-electron chi connectivity index (χ4n) is 1.97. The smallest absolute Gasteiger partial charge is 0.119 e. The maximum Gasteiger partial charge on any atom is 0.119 e. The second kappa shape index (κ2) is 4.49. The van der Waals surface area contributed by atoms with Crippen molar-refractivity contribution >= 4 is 5.57 Å². The summed E-state index contributed by atoms with van der Waals surface area (Å²) in [6, 6.07) is 7.86. The van der Waals surface area contributed by atoms with Crippen LogP contribution in [0.5, 0.6) is 5.75 Å². The van der Waals surface area contributed by atoms with Gasteiger partial charge in [0.2, 0.25) is 0 Å². The number of hydrogen-bond acceptors (Lipinski definition) is 2. The second-order valence-corrected chi connectivity index (χ2v) is 3.84. The maximum absolute atomic E-state index is 9.88. The fourth-order valence-corrected chi connectivity index (χ4v) is 1.97. The zero-order valence-corrected chi connectivity index (χ0v) is 8.94. The molecule has 15 heavy (non-hydrogen) atoms. The molecule has 2 rings (SSSR count). The Morgan fingerprint density at radius 3 is 3.00 bits per heavy atom. The van der Waals surface area contributed by atoms with Gasteiger partial charge in [-0.1, -0.05) is 18.2 Å². The molecule has 0 saturated heterocycles. The molecule has 0 fully saturated rings. The van der Waals surface area contributed by atoms with Crippen LogP contribution >= 0.6 is 0 Å². The van der Waals surface area contributed by atoms with Crippen LogP contribution < -0.4 is 4.74 Å². The van der Waals surface area contributed by atoms with Crippen LogP contribution in [-0.2, 0) is 0 Å². The predicted octanol–water partition coefficient (Wildman–Crippen LogP) is 2.62. The number of ether oxygens (including phenoxy) is 1. The van der Waals surface area contributed by atoms with Crippen molar-refractivity contribution in [3.63, 3.8) is 0 Å². The molecule has 0 radical (unpaired) electrons. The van der Waals surface area contributed by atoms with E-state index in [-0.39, 0.29) is 6.10 Å². The molecule has 0 aromatic heterocycles. The minimum Gasteiger partial charge on any atom is -0.497 e. The molecule has 0 bridgehead atoms. The third-order valence-electron chi connectivity index (χ3n) is 2.81. The van der Waals surface area contributed by atoms with Gasteiger partial charge in [-0.2, -0.15) is 0 Å². The summed E-state index contributed by atoms with van der Waals surface area (Å²) in [5.74, 6) is 0.839. The Labute approximate surface area is 90.2 Å². The lowest BCUT2D eigenvalue weighted by Crippen LogP contribution is -2.12. The quantitative estimate of drug-likeness (QED) is 0.802. The largest absolute Gasteiger partial charge is 0.497 e. The van der Waals surface area contributed by atoms with E-state index in [4.69, 9.17) is 4.74 Å². The molecule has 1 aromatic rings. The molecule has 0 heterocycles. The SMILES string of the molecule is COc1cccc(C2=CCCCC2O)c1. The number of methoxy groups -OCH3 is 1. The van der Waals surface area contributed by atoms with E-state index in [9.17, 15) is 5.11 Å². The van der Waals surface area contributed by atoms with Crippen LogP contribution in [0.4, 0.5) is 0 Å². The van der Waals surface area contributed by atoms with Crippen molar-refractivity contribution in [2.24, 2.45) is 0 Å². The number of aliphatic hydroxyl groups is 1. The summed E-state index contributed by atoms with van der Waals surface area (Å²) in [7, 11) is 1.66. The van der Waals surface area contributed by atoms with E-state index < -0.39 is 0 Å². The lowest BCUT2D eigenvalue weighted by atomic mass is 9.91. The highest BCUT2D eigenvalue weighted by Crippen LogP contribution is 2.28. The van der Waals surface area contributed by atoms with Crippen molar-refractivity contribution in [3.8, 4) is 5.75 Å². The molecule has 2 heteroatoms. The molecule has 1 aliphatic rings. The highest BCUT2D eigenvalue weighted by atomic mass is 16.5. The van der Waals surface area contributed by atoms with Gasteiger partial charge in [0.1, 0.15) is 5.75 Å². The van der Waals surface area contributed by atoms with Crippen molar-refractivity contribution in [2.75, 3.05) is 7.11 Å². The van der Waals surface area contributed by atoms with Crippen molar-refractivity contribution in [1.29, 1.82) is 0 Å². The van der Waals surface area contributed by atoms with Crippen LogP contribution in [0, 0.1) is 0 Å². The summed E-state index contributed by atoms with van der Waals surface area (Å²) in [6.07, 6.45) is 4.82. The minimum absolute atomic E-state index is 0.314. The van der Waals surface area contributed by atoms with Crippen LogP contribution in [0.15, 0.2) is 30.3 Å². The monoisotopic (exact) mass is 204 g/mol. The van der Waals surface area contributed by atoms with E-state index in [1.54, 1.807) is 7.11 Å². The highest BCUT2D eigenvalue weighted by Gasteiger charge is 2.16. The topological polar surface area (TPSA) is 29.5 Å². The molecule has 1 N–H and O–H groups in total. The first-order chi connectivity index (χ1) is 7.31. The molecular formula is C13H16O2. The lowest BCUT2D eigenvalue weighted by Gasteiger charge is -2.19. The van der Waals surface area contributed by atoms with Gasteiger partial charge in [0, 0.05) is 0 Å². The zero-order valence-electron chi connectivity index (χ0n) is 8.94.